The normalized spacial score (nSPS) is 17.1. The Morgan fingerprint density at radius 2 is 1.66 bits per heavy atom. The van der Waals surface area contributed by atoms with Crippen molar-refractivity contribution in [1.82, 2.24) is 9.91 Å². The van der Waals surface area contributed by atoms with E-state index in [9.17, 15) is 40.7 Å². The van der Waals surface area contributed by atoms with Gasteiger partial charge in [0.15, 0.2) is 0 Å². The first-order valence-electron chi connectivity index (χ1n) is 11.7. The maximum Gasteiger partial charge on any atom is 0.573 e. The van der Waals surface area contributed by atoms with Crippen molar-refractivity contribution in [3.05, 3.63) is 58.6 Å². The van der Waals surface area contributed by atoms with E-state index >= 15 is 0 Å². The Morgan fingerprint density at radius 3 is 2.15 bits per heavy atom. The first kappa shape index (κ1) is 31.5. The predicted octanol–water partition coefficient (Wildman–Crippen LogP) is 6.15. The lowest BCUT2D eigenvalue weighted by molar-refractivity contribution is -0.274. The molecule has 9 nitrogen and oxygen atoms in total. The molecule has 1 aliphatic heterocycles. The molecule has 16 heteroatoms. The molecule has 0 spiro atoms. The number of carbonyl (C=O) groups excluding carboxylic acids is 3. The van der Waals surface area contributed by atoms with Gasteiger partial charge in [-0.15, -0.1) is 13.2 Å². The molecule has 1 aliphatic rings. The predicted molar refractivity (Wildman–Crippen MR) is 135 cm³/mol. The summed E-state index contributed by atoms with van der Waals surface area (Å²) in [5.74, 6) is -1.47. The number of hydrogen-bond acceptors (Lipinski definition) is 6. The van der Waals surface area contributed by atoms with Gasteiger partial charge in [-0.1, -0.05) is 17.7 Å². The first-order chi connectivity index (χ1) is 18.9. The number of carbonyl (C=O) groups is 3. The van der Waals surface area contributed by atoms with Crippen molar-refractivity contribution in [2.75, 3.05) is 32.1 Å². The van der Waals surface area contributed by atoms with Gasteiger partial charge >= 0.3 is 30.6 Å². The van der Waals surface area contributed by atoms with Crippen LogP contribution in [0.15, 0.2) is 47.6 Å². The highest BCUT2D eigenvalue weighted by Crippen LogP contribution is 2.39. The lowest BCUT2D eigenvalue weighted by Crippen LogP contribution is -2.50. The Labute approximate surface area is 234 Å². The largest absolute Gasteiger partial charge is 0.573 e. The summed E-state index contributed by atoms with van der Waals surface area (Å²) in [5.41, 5.74) is -3.18. The van der Waals surface area contributed by atoms with Crippen molar-refractivity contribution in [3.8, 4) is 5.75 Å². The third-order valence-corrected chi connectivity index (χ3v) is 6.11. The van der Waals surface area contributed by atoms with Crippen LogP contribution >= 0.6 is 11.6 Å². The highest BCUT2D eigenvalue weighted by molar-refractivity contribution is 6.32. The summed E-state index contributed by atoms with van der Waals surface area (Å²) < 4.78 is 86.4. The lowest BCUT2D eigenvalue weighted by Gasteiger charge is -2.28. The van der Waals surface area contributed by atoms with Gasteiger partial charge in [-0.2, -0.15) is 18.3 Å². The number of alkyl halides is 6. The second-order valence-electron chi connectivity index (χ2n) is 9.09. The molecule has 1 unspecified atom stereocenters. The summed E-state index contributed by atoms with van der Waals surface area (Å²) in [6.07, 6.45) is -9.73. The molecular formula is C25H23ClF6N4O5. The van der Waals surface area contributed by atoms with Crippen molar-refractivity contribution in [2.45, 2.75) is 26.4 Å². The summed E-state index contributed by atoms with van der Waals surface area (Å²) in [6.45, 7) is 2.31. The number of esters is 1. The Bertz CT molecular complexity index is 1360. The van der Waals surface area contributed by atoms with E-state index < -0.39 is 58.9 Å². The number of hydrazone groups is 1. The number of amides is 4. The van der Waals surface area contributed by atoms with Gasteiger partial charge in [0.25, 0.3) is 0 Å². The van der Waals surface area contributed by atoms with E-state index in [1.807, 2.05) is 0 Å². The van der Waals surface area contributed by atoms with Gasteiger partial charge < -0.3 is 14.4 Å². The maximum absolute atomic E-state index is 13.7. The highest BCUT2D eigenvalue weighted by atomic mass is 35.5. The average Bonchev–Trinajstić information content (AvgIpc) is 3.22. The average molecular weight is 609 g/mol. The number of hydrogen-bond donors (Lipinski definition) is 0. The lowest BCUT2D eigenvalue weighted by atomic mass is 9.82. The Balaban J connectivity index is 2.08. The number of rotatable bonds is 5. The van der Waals surface area contributed by atoms with E-state index in [4.69, 9.17) is 16.3 Å². The van der Waals surface area contributed by atoms with E-state index in [0.717, 1.165) is 46.3 Å². The van der Waals surface area contributed by atoms with Crippen LogP contribution in [0.1, 0.15) is 25.0 Å². The number of anilines is 1. The number of halogens is 7. The molecular weight excluding hydrogens is 586 g/mol. The van der Waals surface area contributed by atoms with Crippen LogP contribution < -0.4 is 9.64 Å². The molecule has 222 valence electrons. The summed E-state index contributed by atoms with van der Waals surface area (Å²) in [6, 6.07) is 4.47. The first-order valence-corrected chi connectivity index (χ1v) is 12.1. The van der Waals surface area contributed by atoms with Gasteiger partial charge in [-0.25, -0.2) is 19.5 Å². The molecule has 0 radical (unpaired) electrons. The Morgan fingerprint density at radius 1 is 1.05 bits per heavy atom. The molecule has 41 heavy (non-hydrogen) atoms. The monoisotopic (exact) mass is 608 g/mol. The molecule has 3 rings (SSSR count). The van der Waals surface area contributed by atoms with Crippen molar-refractivity contribution in [2.24, 2.45) is 10.5 Å². The van der Waals surface area contributed by atoms with E-state index in [0.29, 0.717) is 11.0 Å². The van der Waals surface area contributed by atoms with Gasteiger partial charge in [0.1, 0.15) is 11.2 Å². The van der Waals surface area contributed by atoms with Crippen LogP contribution in [0.4, 0.5) is 41.6 Å². The van der Waals surface area contributed by atoms with Crippen molar-refractivity contribution in [1.29, 1.82) is 0 Å². The molecule has 2 aromatic carbocycles. The van der Waals surface area contributed by atoms with Crippen LogP contribution in [0, 0.1) is 5.41 Å². The summed E-state index contributed by atoms with van der Waals surface area (Å²) in [4.78, 5) is 41.3. The minimum absolute atomic E-state index is 0.0204. The molecule has 0 saturated heterocycles. The van der Waals surface area contributed by atoms with E-state index in [1.165, 1.54) is 27.9 Å². The third kappa shape index (κ3) is 6.84. The highest BCUT2D eigenvalue weighted by Gasteiger charge is 2.50. The quantitative estimate of drug-likeness (QED) is 0.300. The number of ether oxygens (including phenoxy) is 2. The zero-order valence-corrected chi connectivity index (χ0v) is 22.7. The fourth-order valence-electron chi connectivity index (χ4n) is 3.89. The van der Waals surface area contributed by atoms with Crippen LogP contribution in [0.2, 0.25) is 5.02 Å². The number of benzene rings is 2. The van der Waals surface area contributed by atoms with Crippen LogP contribution in [0.25, 0.3) is 0 Å². The Kier molecular flexibility index (Phi) is 8.81. The molecule has 1 atom stereocenters. The second-order valence-corrected chi connectivity index (χ2v) is 9.50. The maximum atomic E-state index is 13.7. The van der Waals surface area contributed by atoms with Gasteiger partial charge in [-0.3, -0.25) is 4.79 Å². The molecule has 0 aromatic heterocycles. The molecule has 0 saturated carbocycles. The minimum atomic E-state index is -4.98. The number of urea groups is 2. The van der Waals surface area contributed by atoms with Crippen molar-refractivity contribution < 1.29 is 50.2 Å². The molecule has 0 N–H and O–H groups in total. The van der Waals surface area contributed by atoms with Gasteiger partial charge in [-0.05, 0) is 50.2 Å². The fourth-order valence-corrected chi connectivity index (χ4v) is 4.17. The second kappa shape index (κ2) is 11.5. The molecule has 4 amide bonds. The van der Waals surface area contributed by atoms with Gasteiger partial charge in [0.05, 0.1) is 35.1 Å². The molecule has 1 heterocycles. The van der Waals surface area contributed by atoms with Gasteiger partial charge in [0.2, 0.25) is 0 Å². The summed E-state index contributed by atoms with van der Waals surface area (Å²) in [5, 5.41) is 4.23. The fraction of sp³-hybridized carbons (Fsp3) is 0.360. The van der Waals surface area contributed by atoms with Crippen molar-refractivity contribution >= 4 is 41.0 Å². The minimum Gasteiger partial charge on any atom is -0.465 e. The molecule has 0 fully saturated rings. The molecule has 0 bridgehead atoms. The topological polar surface area (TPSA) is 91.8 Å². The molecule has 2 aromatic rings. The SMILES string of the molecule is CCOC(=O)C1(C)CN(C(=O)N(C(=O)N(C)C)c2ccc(OC(F)(F)F)cc2)N=C1c1ccc(C(F)(F)F)c(Cl)c1. The zero-order valence-electron chi connectivity index (χ0n) is 21.9. The summed E-state index contributed by atoms with van der Waals surface area (Å²) in [7, 11) is 2.63. The summed E-state index contributed by atoms with van der Waals surface area (Å²) >= 11 is 5.87. The van der Waals surface area contributed by atoms with E-state index in [1.54, 1.807) is 0 Å². The van der Waals surface area contributed by atoms with E-state index in [2.05, 4.69) is 9.84 Å². The van der Waals surface area contributed by atoms with Crippen LogP contribution in [0.3, 0.4) is 0 Å². The van der Waals surface area contributed by atoms with Crippen LogP contribution in [-0.2, 0) is 15.7 Å². The number of nitrogens with zero attached hydrogens (tertiary/aromatic N) is 4. The van der Waals surface area contributed by atoms with Gasteiger partial charge in [0, 0.05) is 19.7 Å². The van der Waals surface area contributed by atoms with Crippen LogP contribution in [0.5, 0.6) is 5.75 Å². The Hall–Kier alpha value is -4.01. The third-order valence-electron chi connectivity index (χ3n) is 5.80. The van der Waals surface area contributed by atoms with Crippen LogP contribution in [-0.4, -0.2) is 67.3 Å². The van der Waals surface area contributed by atoms with Crippen molar-refractivity contribution in [3.63, 3.8) is 0 Å². The van der Waals surface area contributed by atoms with E-state index in [-0.39, 0.29) is 23.6 Å². The molecule has 0 aliphatic carbocycles. The number of imide groups is 1. The standard InChI is InChI=1S/C25H23ClF6N4O5/c1-5-40-20(37)23(2)13-35(33-19(23)14-6-11-17(18(26)12-14)24(27,28)29)22(39)36(21(38)34(3)4)15-7-9-16(10-8-15)41-25(30,31)32/h6-12H,5,13H2,1-4H3. The smallest absolute Gasteiger partial charge is 0.465 e. The zero-order chi connectivity index (χ0) is 30.9.